The van der Waals surface area contributed by atoms with Crippen LogP contribution in [0.15, 0.2) is 36.4 Å². The van der Waals surface area contributed by atoms with Crippen molar-refractivity contribution < 1.29 is 4.79 Å². The van der Waals surface area contributed by atoms with Gasteiger partial charge >= 0.3 is 0 Å². The third-order valence-corrected chi connectivity index (χ3v) is 3.74. The van der Waals surface area contributed by atoms with Gasteiger partial charge in [-0.1, -0.05) is 53.7 Å². The van der Waals surface area contributed by atoms with E-state index in [1.807, 2.05) is 42.5 Å². The summed E-state index contributed by atoms with van der Waals surface area (Å²) in [6.07, 6.45) is 4.82. The maximum Gasteiger partial charge on any atom is 0.185 e. The van der Waals surface area contributed by atoms with Gasteiger partial charge in [-0.15, -0.1) is 0 Å². The van der Waals surface area contributed by atoms with Gasteiger partial charge in [0.05, 0.1) is 5.52 Å². The van der Waals surface area contributed by atoms with Gasteiger partial charge in [-0.25, -0.2) is 4.98 Å². The Hall–Kier alpha value is -1.32. The number of para-hydroxylation sites is 1. The Morgan fingerprint density at radius 3 is 3.00 bits per heavy atom. The van der Waals surface area contributed by atoms with E-state index < -0.39 is 0 Å². The largest absolute Gasteiger partial charge is 0.288 e. The number of halogens is 1. The van der Waals surface area contributed by atoms with Crippen LogP contribution in [0.5, 0.6) is 0 Å². The van der Waals surface area contributed by atoms with E-state index in [9.17, 15) is 4.79 Å². The van der Waals surface area contributed by atoms with Crippen LogP contribution >= 0.6 is 23.4 Å². The van der Waals surface area contributed by atoms with Crippen LogP contribution in [0.1, 0.15) is 18.9 Å². The molecule has 2 rings (SSSR count). The molecule has 19 heavy (non-hydrogen) atoms. The average Bonchev–Trinajstić information content (AvgIpc) is 2.38. The highest BCUT2D eigenvalue weighted by Crippen LogP contribution is 2.21. The summed E-state index contributed by atoms with van der Waals surface area (Å²) < 4.78 is 0. The van der Waals surface area contributed by atoms with Gasteiger partial charge in [-0.2, -0.15) is 0 Å². The first-order valence-corrected chi connectivity index (χ1v) is 7.38. The minimum absolute atomic E-state index is 0.152. The summed E-state index contributed by atoms with van der Waals surface area (Å²) in [6, 6.07) is 9.91. The van der Waals surface area contributed by atoms with Gasteiger partial charge in [-0.3, -0.25) is 4.79 Å². The molecular weight excluding hydrogens is 278 g/mol. The first-order chi connectivity index (χ1) is 9.16. The van der Waals surface area contributed by atoms with Crippen molar-refractivity contribution >= 4 is 45.5 Å². The van der Waals surface area contributed by atoms with Crippen molar-refractivity contribution in [2.24, 2.45) is 0 Å². The van der Waals surface area contributed by atoms with Crippen LogP contribution in [0.4, 0.5) is 0 Å². The molecule has 4 heteroatoms. The second kappa shape index (κ2) is 6.73. The third-order valence-electron chi connectivity index (χ3n) is 2.59. The van der Waals surface area contributed by atoms with Gasteiger partial charge in [0.15, 0.2) is 5.12 Å². The van der Waals surface area contributed by atoms with Crippen molar-refractivity contribution in [1.29, 1.82) is 0 Å². The van der Waals surface area contributed by atoms with E-state index >= 15 is 0 Å². The standard InChI is InChI=1S/C15H14ClNOS/c1-11(18)19-9-5-4-7-13-10-12-6-2-3-8-14(12)17-15(13)16/h2-4,6-8,10H,5,9H2,1H3. The second-order valence-electron chi connectivity index (χ2n) is 4.09. The number of benzene rings is 1. The summed E-state index contributed by atoms with van der Waals surface area (Å²) in [4.78, 5) is 15.1. The molecule has 1 heterocycles. The number of hydrogen-bond donors (Lipinski definition) is 0. The number of pyridine rings is 1. The smallest absolute Gasteiger partial charge is 0.185 e. The molecule has 0 fully saturated rings. The number of carbonyl (C=O) groups excluding carboxylic acids is 1. The predicted molar refractivity (Wildman–Crippen MR) is 83.5 cm³/mol. The molecule has 2 aromatic rings. The van der Waals surface area contributed by atoms with E-state index in [2.05, 4.69) is 4.98 Å². The number of hydrogen-bond acceptors (Lipinski definition) is 3. The highest BCUT2D eigenvalue weighted by molar-refractivity contribution is 8.13. The Labute approximate surface area is 121 Å². The van der Waals surface area contributed by atoms with Crippen LogP contribution in [0.2, 0.25) is 5.15 Å². The summed E-state index contributed by atoms with van der Waals surface area (Å²) in [7, 11) is 0. The molecule has 0 spiro atoms. The summed E-state index contributed by atoms with van der Waals surface area (Å²) in [5.41, 5.74) is 1.81. The molecular formula is C15H14ClNOS. The van der Waals surface area contributed by atoms with E-state index in [1.54, 1.807) is 6.92 Å². The monoisotopic (exact) mass is 291 g/mol. The van der Waals surface area contributed by atoms with E-state index in [4.69, 9.17) is 11.6 Å². The average molecular weight is 292 g/mol. The lowest BCUT2D eigenvalue weighted by Crippen LogP contribution is -1.85. The maximum absolute atomic E-state index is 10.8. The molecule has 0 saturated carbocycles. The summed E-state index contributed by atoms with van der Waals surface area (Å²) in [6.45, 7) is 1.58. The van der Waals surface area contributed by atoms with Crippen LogP contribution < -0.4 is 0 Å². The molecule has 1 aromatic carbocycles. The number of carbonyl (C=O) groups is 1. The molecule has 0 aliphatic rings. The highest BCUT2D eigenvalue weighted by atomic mass is 35.5. The van der Waals surface area contributed by atoms with Crippen molar-refractivity contribution in [3.63, 3.8) is 0 Å². The number of aromatic nitrogens is 1. The van der Waals surface area contributed by atoms with Gasteiger partial charge < -0.3 is 0 Å². The molecule has 0 unspecified atom stereocenters. The molecule has 98 valence electrons. The highest BCUT2D eigenvalue weighted by Gasteiger charge is 2.01. The number of fused-ring (bicyclic) bond motifs is 1. The molecule has 0 aliphatic heterocycles. The van der Waals surface area contributed by atoms with Crippen LogP contribution in [0, 0.1) is 0 Å². The van der Waals surface area contributed by atoms with Crippen LogP contribution in [-0.4, -0.2) is 15.9 Å². The van der Waals surface area contributed by atoms with Gasteiger partial charge in [0, 0.05) is 23.6 Å². The van der Waals surface area contributed by atoms with Crippen molar-refractivity contribution in [3.05, 3.63) is 47.1 Å². The van der Waals surface area contributed by atoms with Crippen molar-refractivity contribution in [2.45, 2.75) is 13.3 Å². The van der Waals surface area contributed by atoms with Crippen LogP contribution in [0.25, 0.3) is 17.0 Å². The minimum atomic E-state index is 0.152. The van der Waals surface area contributed by atoms with Crippen molar-refractivity contribution in [2.75, 3.05) is 5.75 Å². The summed E-state index contributed by atoms with van der Waals surface area (Å²) >= 11 is 7.48. The first kappa shape index (κ1) is 14.1. The molecule has 1 aromatic heterocycles. The van der Waals surface area contributed by atoms with Gasteiger partial charge in [-0.05, 0) is 18.6 Å². The normalized spacial score (nSPS) is 11.3. The van der Waals surface area contributed by atoms with Gasteiger partial charge in [0.1, 0.15) is 5.15 Å². The SMILES string of the molecule is CC(=O)SCCC=Cc1cc2ccccc2nc1Cl. The van der Waals surface area contributed by atoms with E-state index in [-0.39, 0.29) is 5.12 Å². The fourth-order valence-electron chi connectivity index (χ4n) is 1.71. The lowest BCUT2D eigenvalue weighted by molar-refractivity contribution is -0.109. The van der Waals surface area contributed by atoms with Crippen molar-refractivity contribution in [3.8, 4) is 0 Å². The van der Waals surface area contributed by atoms with Crippen molar-refractivity contribution in [1.82, 2.24) is 4.98 Å². The molecule has 0 aliphatic carbocycles. The van der Waals surface area contributed by atoms with E-state index in [1.165, 1.54) is 11.8 Å². The molecule has 0 atom stereocenters. The topological polar surface area (TPSA) is 30.0 Å². The zero-order valence-corrected chi connectivity index (χ0v) is 12.2. The lowest BCUT2D eigenvalue weighted by Gasteiger charge is -2.01. The Bertz CT molecular complexity index is 625. The Balaban J connectivity index is 2.09. The zero-order chi connectivity index (χ0) is 13.7. The predicted octanol–water partition coefficient (Wildman–Crippen LogP) is 4.57. The fourth-order valence-corrected chi connectivity index (χ4v) is 2.46. The van der Waals surface area contributed by atoms with Gasteiger partial charge in [0.25, 0.3) is 0 Å². The Morgan fingerprint density at radius 2 is 2.21 bits per heavy atom. The number of thioether (sulfide) groups is 1. The first-order valence-electron chi connectivity index (χ1n) is 6.02. The number of nitrogens with zero attached hydrogens (tertiary/aromatic N) is 1. The van der Waals surface area contributed by atoms with Gasteiger partial charge in [0.2, 0.25) is 0 Å². The minimum Gasteiger partial charge on any atom is -0.288 e. The summed E-state index contributed by atoms with van der Waals surface area (Å²) in [5.74, 6) is 0.796. The van der Waals surface area contributed by atoms with E-state index in [0.717, 1.165) is 28.6 Å². The lowest BCUT2D eigenvalue weighted by atomic mass is 10.1. The molecule has 0 amide bonds. The molecule has 2 nitrogen and oxygen atoms in total. The van der Waals surface area contributed by atoms with E-state index in [0.29, 0.717) is 5.15 Å². The van der Waals surface area contributed by atoms with Crippen LogP contribution in [0.3, 0.4) is 0 Å². The molecule has 0 bridgehead atoms. The maximum atomic E-state index is 10.8. The van der Waals surface area contributed by atoms with Crippen LogP contribution in [-0.2, 0) is 4.79 Å². The Kier molecular flexibility index (Phi) is 5.00. The quantitative estimate of drug-likeness (QED) is 0.610. The number of rotatable bonds is 4. The second-order valence-corrected chi connectivity index (χ2v) is 5.72. The Morgan fingerprint density at radius 1 is 1.42 bits per heavy atom. The molecule has 0 radical (unpaired) electrons. The third kappa shape index (κ3) is 4.08. The fraction of sp³-hybridized carbons (Fsp3) is 0.200. The molecule has 0 N–H and O–H groups in total. The molecule has 0 saturated heterocycles. The number of allylic oxidation sites excluding steroid dienone is 1. The zero-order valence-electron chi connectivity index (χ0n) is 10.6. The summed E-state index contributed by atoms with van der Waals surface area (Å²) in [5, 5.41) is 1.73.